The number of fused-ring (bicyclic) bond motifs is 7. The van der Waals surface area contributed by atoms with E-state index in [-0.39, 0.29) is 0 Å². The highest BCUT2D eigenvalue weighted by Crippen LogP contribution is 2.45. The summed E-state index contributed by atoms with van der Waals surface area (Å²) in [5.74, 6) is 0. The van der Waals surface area contributed by atoms with E-state index in [1.54, 1.807) is 0 Å². The first-order valence-corrected chi connectivity index (χ1v) is 13.0. The van der Waals surface area contributed by atoms with E-state index in [2.05, 4.69) is 131 Å². The summed E-state index contributed by atoms with van der Waals surface area (Å²) < 4.78 is 3.84. The highest BCUT2D eigenvalue weighted by atomic mass is 79.9. The molecule has 1 aromatic heterocycles. The van der Waals surface area contributed by atoms with Gasteiger partial charge in [0.1, 0.15) is 0 Å². The van der Waals surface area contributed by atoms with E-state index in [9.17, 15) is 0 Å². The van der Waals surface area contributed by atoms with E-state index in [0.717, 1.165) is 4.47 Å². The number of rotatable bonds is 2. The smallest absolute Gasteiger partial charge is 0.0434 e. The quantitative estimate of drug-likeness (QED) is 0.215. The van der Waals surface area contributed by atoms with Crippen LogP contribution in [0.15, 0.2) is 120 Å². The maximum Gasteiger partial charge on any atom is 0.0434 e. The molecule has 0 aliphatic carbocycles. The van der Waals surface area contributed by atoms with E-state index in [4.69, 9.17) is 0 Å². The largest absolute Gasteiger partial charge is 0.134 e. The molecule has 0 unspecified atom stereocenters. The van der Waals surface area contributed by atoms with Gasteiger partial charge in [0.25, 0.3) is 0 Å². The van der Waals surface area contributed by atoms with Gasteiger partial charge in [-0.05, 0) is 62.7 Å². The van der Waals surface area contributed by atoms with Gasteiger partial charge in [-0.2, -0.15) is 0 Å². The number of benzene rings is 6. The number of hydrogen-bond donors (Lipinski definition) is 0. The second kappa shape index (κ2) is 7.80. The highest BCUT2D eigenvalue weighted by Gasteiger charge is 2.15. The number of halogens is 1. The lowest BCUT2D eigenvalue weighted by Crippen LogP contribution is -1.84. The Kier molecular flexibility index (Phi) is 4.58. The molecule has 7 aromatic rings. The Hall–Kier alpha value is -3.46. The summed E-state index contributed by atoms with van der Waals surface area (Å²) in [6, 6.07) is 42.0. The van der Waals surface area contributed by atoms with Crippen molar-refractivity contribution in [3.05, 3.63) is 120 Å². The lowest BCUT2D eigenvalue weighted by atomic mass is 9.93. The molecule has 0 saturated heterocycles. The van der Waals surface area contributed by atoms with Crippen LogP contribution < -0.4 is 0 Å². The van der Waals surface area contributed by atoms with E-state index < -0.39 is 0 Å². The third-order valence-electron chi connectivity index (χ3n) is 6.72. The molecule has 0 spiro atoms. The summed E-state index contributed by atoms with van der Waals surface area (Å²) in [7, 11) is 0. The minimum Gasteiger partial charge on any atom is -0.134 e. The van der Waals surface area contributed by atoms with Gasteiger partial charge in [0.2, 0.25) is 0 Å². The molecule has 6 aromatic carbocycles. The summed E-state index contributed by atoms with van der Waals surface area (Å²) in [5, 5.41) is 7.95. The fourth-order valence-electron chi connectivity index (χ4n) is 5.07. The molecule has 160 valence electrons. The maximum absolute atomic E-state index is 3.55. The zero-order valence-corrected chi connectivity index (χ0v) is 20.7. The molecular formula is C32H19BrS. The molecule has 34 heavy (non-hydrogen) atoms. The zero-order chi connectivity index (χ0) is 22.6. The molecule has 1 heterocycles. The van der Waals surface area contributed by atoms with Crippen molar-refractivity contribution in [1.82, 2.24) is 0 Å². The Morgan fingerprint density at radius 2 is 1.12 bits per heavy atom. The van der Waals surface area contributed by atoms with Gasteiger partial charge in [-0.3, -0.25) is 0 Å². The van der Waals surface area contributed by atoms with Crippen LogP contribution in [0.25, 0.3) is 64.0 Å². The average Bonchev–Trinajstić information content (AvgIpc) is 3.28. The van der Waals surface area contributed by atoms with Crippen molar-refractivity contribution in [1.29, 1.82) is 0 Å². The van der Waals surface area contributed by atoms with Crippen molar-refractivity contribution in [2.45, 2.75) is 0 Å². The molecule has 0 aliphatic heterocycles. The van der Waals surface area contributed by atoms with Crippen LogP contribution in [0.5, 0.6) is 0 Å². The third-order valence-corrected chi connectivity index (χ3v) is 8.54. The molecule has 0 bridgehead atoms. The Balaban J connectivity index is 1.54. The van der Waals surface area contributed by atoms with Gasteiger partial charge in [0.15, 0.2) is 0 Å². The molecule has 7 rings (SSSR count). The summed E-state index contributed by atoms with van der Waals surface area (Å²) >= 11 is 5.47. The van der Waals surface area contributed by atoms with E-state index in [1.165, 1.54) is 64.0 Å². The Bertz CT molecular complexity index is 1860. The van der Waals surface area contributed by atoms with Gasteiger partial charge < -0.3 is 0 Å². The third kappa shape index (κ3) is 3.10. The van der Waals surface area contributed by atoms with E-state index >= 15 is 0 Å². The molecule has 0 nitrogen and oxygen atoms in total. The average molecular weight is 515 g/mol. The van der Waals surface area contributed by atoms with Gasteiger partial charge in [0, 0.05) is 30.0 Å². The predicted molar refractivity (Wildman–Crippen MR) is 153 cm³/mol. The molecule has 0 N–H and O–H groups in total. The van der Waals surface area contributed by atoms with Crippen molar-refractivity contribution >= 4 is 69.0 Å². The van der Waals surface area contributed by atoms with Crippen LogP contribution in [0.4, 0.5) is 0 Å². The lowest BCUT2D eigenvalue weighted by molar-refractivity contribution is 1.59. The summed E-state index contributed by atoms with van der Waals surface area (Å²) in [4.78, 5) is 0. The minimum absolute atomic E-state index is 1.10. The van der Waals surface area contributed by atoms with E-state index in [1.807, 2.05) is 11.3 Å². The summed E-state index contributed by atoms with van der Waals surface area (Å²) in [5.41, 5.74) is 4.99. The van der Waals surface area contributed by atoms with Crippen LogP contribution in [-0.2, 0) is 0 Å². The van der Waals surface area contributed by atoms with Crippen LogP contribution in [-0.4, -0.2) is 0 Å². The maximum atomic E-state index is 3.55. The standard InChI is InChI=1S/C32H19BrS/c33-24-15-12-20(13-16-24)22-7-5-8-23(18-22)29-19-30-28-17-14-21-6-1-2-9-25(21)31(28)34-32(30)27-11-4-3-10-26(27)29/h1-19H. The van der Waals surface area contributed by atoms with Gasteiger partial charge in [0.05, 0.1) is 0 Å². The fourth-order valence-corrected chi connectivity index (χ4v) is 6.69. The van der Waals surface area contributed by atoms with Crippen molar-refractivity contribution < 1.29 is 0 Å². The molecule has 0 atom stereocenters. The molecule has 0 amide bonds. The molecule has 0 saturated carbocycles. The van der Waals surface area contributed by atoms with Crippen molar-refractivity contribution in [2.24, 2.45) is 0 Å². The van der Waals surface area contributed by atoms with Gasteiger partial charge >= 0.3 is 0 Å². The van der Waals surface area contributed by atoms with Gasteiger partial charge in [-0.25, -0.2) is 0 Å². The van der Waals surface area contributed by atoms with Crippen LogP contribution in [0.2, 0.25) is 0 Å². The lowest BCUT2D eigenvalue weighted by Gasteiger charge is -2.11. The monoisotopic (exact) mass is 514 g/mol. The van der Waals surface area contributed by atoms with E-state index in [0.29, 0.717) is 0 Å². The Morgan fingerprint density at radius 1 is 0.441 bits per heavy atom. The fraction of sp³-hybridized carbons (Fsp3) is 0. The van der Waals surface area contributed by atoms with Gasteiger partial charge in [-0.1, -0.05) is 107 Å². The molecule has 2 heteroatoms. The topological polar surface area (TPSA) is 0 Å². The zero-order valence-electron chi connectivity index (χ0n) is 18.3. The van der Waals surface area contributed by atoms with Crippen LogP contribution in [0.1, 0.15) is 0 Å². The first-order chi connectivity index (χ1) is 16.8. The number of hydrogen-bond acceptors (Lipinski definition) is 1. The van der Waals surface area contributed by atoms with Crippen LogP contribution in [0, 0.1) is 0 Å². The van der Waals surface area contributed by atoms with Crippen molar-refractivity contribution in [3.63, 3.8) is 0 Å². The molecular weight excluding hydrogens is 496 g/mol. The summed E-state index contributed by atoms with van der Waals surface area (Å²) in [6.07, 6.45) is 0. The number of thiophene rings is 1. The molecule has 0 aliphatic rings. The van der Waals surface area contributed by atoms with Gasteiger partial charge in [-0.15, -0.1) is 11.3 Å². The molecule has 0 radical (unpaired) electrons. The second-order valence-corrected chi connectivity index (χ2v) is 10.6. The SMILES string of the molecule is Brc1ccc(-c2cccc(-c3cc4c5ccc6ccccc6c5sc4c4ccccc34)c2)cc1. The predicted octanol–water partition coefficient (Wildman–Crippen LogP) is 10.5. The Labute approximate surface area is 210 Å². The normalized spacial score (nSPS) is 11.7. The van der Waals surface area contributed by atoms with Crippen LogP contribution >= 0.6 is 27.3 Å². The van der Waals surface area contributed by atoms with Crippen molar-refractivity contribution in [2.75, 3.05) is 0 Å². The highest BCUT2D eigenvalue weighted by molar-refractivity contribution is 9.10. The van der Waals surface area contributed by atoms with Crippen molar-refractivity contribution in [3.8, 4) is 22.3 Å². The molecule has 0 fully saturated rings. The first kappa shape index (κ1) is 20.0. The minimum atomic E-state index is 1.10. The first-order valence-electron chi connectivity index (χ1n) is 11.4. The second-order valence-electron chi connectivity index (χ2n) is 8.70. The Morgan fingerprint density at radius 3 is 1.97 bits per heavy atom. The van der Waals surface area contributed by atoms with Crippen LogP contribution in [0.3, 0.4) is 0 Å². The summed E-state index contributed by atoms with van der Waals surface area (Å²) in [6.45, 7) is 0.